The highest BCUT2D eigenvalue weighted by Crippen LogP contribution is 2.07. The van der Waals surface area contributed by atoms with Crippen molar-refractivity contribution in [3.05, 3.63) is 72.4 Å². The third kappa shape index (κ3) is 5.71. The zero-order valence-electron chi connectivity index (χ0n) is 11.6. The minimum atomic E-state index is -0.253. The summed E-state index contributed by atoms with van der Waals surface area (Å²) in [6.45, 7) is 4.77. The molecule has 0 atom stereocenters. The average molecular weight is 277 g/mol. The molecule has 0 saturated carbocycles. The SMILES string of the molecule is C=C/C(=C\C=C\N(CCO)Cc1ccc(F)cc1)OC. The van der Waals surface area contributed by atoms with Crippen LogP contribution in [0.25, 0.3) is 0 Å². The monoisotopic (exact) mass is 277 g/mol. The van der Waals surface area contributed by atoms with Gasteiger partial charge in [-0.25, -0.2) is 4.39 Å². The maximum absolute atomic E-state index is 12.8. The summed E-state index contributed by atoms with van der Waals surface area (Å²) in [7, 11) is 1.57. The first-order valence-electron chi connectivity index (χ1n) is 6.34. The van der Waals surface area contributed by atoms with Crippen molar-refractivity contribution in [2.75, 3.05) is 20.3 Å². The molecule has 20 heavy (non-hydrogen) atoms. The maximum Gasteiger partial charge on any atom is 0.123 e. The maximum atomic E-state index is 12.8. The second-order valence-electron chi connectivity index (χ2n) is 4.14. The predicted octanol–water partition coefficient (Wildman–Crippen LogP) is 2.85. The Morgan fingerprint density at radius 2 is 2.10 bits per heavy atom. The van der Waals surface area contributed by atoms with Crippen molar-refractivity contribution in [1.29, 1.82) is 0 Å². The fourth-order valence-electron chi connectivity index (χ4n) is 1.64. The summed E-state index contributed by atoms with van der Waals surface area (Å²) in [5.74, 6) is 0.406. The van der Waals surface area contributed by atoms with Gasteiger partial charge in [-0.3, -0.25) is 0 Å². The quantitative estimate of drug-likeness (QED) is 0.586. The number of halogens is 1. The van der Waals surface area contributed by atoms with Crippen molar-refractivity contribution in [2.24, 2.45) is 0 Å². The molecule has 0 unspecified atom stereocenters. The third-order valence-electron chi connectivity index (χ3n) is 2.68. The Balaban J connectivity index is 2.68. The van der Waals surface area contributed by atoms with E-state index < -0.39 is 0 Å². The van der Waals surface area contributed by atoms with Crippen molar-refractivity contribution < 1.29 is 14.2 Å². The first-order valence-corrected chi connectivity index (χ1v) is 6.34. The standard InChI is InChI=1S/C16H20FNO2/c1-3-16(20-2)5-4-10-18(11-12-19)13-14-6-8-15(17)9-7-14/h3-10,19H,1,11-13H2,2H3/b10-4+,16-5+. The van der Waals surface area contributed by atoms with E-state index in [-0.39, 0.29) is 12.4 Å². The normalized spacial score (nSPS) is 11.7. The van der Waals surface area contributed by atoms with Crippen LogP contribution in [0.3, 0.4) is 0 Å². The van der Waals surface area contributed by atoms with Crippen molar-refractivity contribution >= 4 is 0 Å². The van der Waals surface area contributed by atoms with Gasteiger partial charge in [0.05, 0.1) is 13.7 Å². The molecule has 0 radical (unpaired) electrons. The van der Waals surface area contributed by atoms with Crippen LogP contribution in [0.2, 0.25) is 0 Å². The molecule has 1 aromatic carbocycles. The van der Waals surface area contributed by atoms with Gasteiger partial charge in [0.15, 0.2) is 0 Å². The molecule has 0 aliphatic carbocycles. The molecule has 0 bridgehead atoms. The lowest BCUT2D eigenvalue weighted by molar-refractivity contribution is 0.233. The molecule has 108 valence electrons. The van der Waals surface area contributed by atoms with E-state index in [1.807, 2.05) is 17.2 Å². The van der Waals surface area contributed by atoms with E-state index in [1.165, 1.54) is 12.1 Å². The van der Waals surface area contributed by atoms with Crippen LogP contribution < -0.4 is 0 Å². The summed E-state index contributed by atoms with van der Waals surface area (Å²) >= 11 is 0. The van der Waals surface area contributed by atoms with Crippen LogP contribution >= 0.6 is 0 Å². The van der Waals surface area contributed by atoms with E-state index in [2.05, 4.69) is 6.58 Å². The molecule has 1 aromatic rings. The number of aliphatic hydroxyl groups excluding tert-OH is 1. The molecular weight excluding hydrogens is 257 g/mol. The van der Waals surface area contributed by atoms with Gasteiger partial charge in [0, 0.05) is 13.1 Å². The van der Waals surface area contributed by atoms with Gasteiger partial charge in [0.2, 0.25) is 0 Å². The number of hydrogen-bond donors (Lipinski definition) is 1. The first kappa shape index (κ1) is 16.0. The van der Waals surface area contributed by atoms with Gasteiger partial charge >= 0.3 is 0 Å². The van der Waals surface area contributed by atoms with Crippen LogP contribution in [0.1, 0.15) is 5.56 Å². The second kappa shape index (κ2) is 8.93. The van der Waals surface area contributed by atoms with Crippen LogP contribution in [-0.4, -0.2) is 30.3 Å². The number of benzene rings is 1. The molecule has 0 saturated heterocycles. The molecule has 0 heterocycles. The van der Waals surface area contributed by atoms with Gasteiger partial charge in [0.25, 0.3) is 0 Å². The molecule has 0 amide bonds. The zero-order valence-corrected chi connectivity index (χ0v) is 11.6. The lowest BCUT2D eigenvalue weighted by Crippen LogP contribution is -2.20. The highest BCUT2D eigenvalue weighted by Gasteiger charge is 2.00. The highest BCUT2D eigenvalue weighted by atomic mass is 19.1. The minimum Gasteiger partial charge on any atom is -0.497 e. The van der Waals surface area contributed by atoms with Crippen molar-refractivity contribution in [1.82, 2.24) is 4.90 Å². The summed E-state index contributed by atoms with van der Waals surface area (Å²) < 4.78 is 17.9. The van der Waals surface area contributed by atoms with Crippen LogP contribution in [0, 0.1) is 5.82 Å². The molecule has 0 aromatic heterocycles. The van der Waals surface area contributed by atoms with Crippen molar-refractivity contribution in [3.63, 3.8) is 0 Å². The Bertz CT molecular complexity index is 466. The summed E-state index contributed by atoms with van der Waals surface area (Å²) in [5.41, 5.74) is 0.976. The number of allylic oxidation sites excluding steroid dienone is 3. The number of aliphatic hydroxyl groups is 1. The Kier molecular flexibility index (Phi) is 7.14. The van der Waals surface area contributed by atoms with Gasteiger partial charge < -0.3 is 14.7 Å². The van der Waals surface area contributed by atoms with Crippen molar-refractivity contribution in [2.45, 2.75) is 6.54 Å². The largest absolute Gasteiger partial charge is 0.497 e. The molecule has 0 fully saturated rings. The Hall–Kier alpha value is -2.07. The summed E-state index contributed by atoms with van der Waals surface area (Å²) in [6.07, 6.45) is 7.06. The fraction of sp³-hybridized carbons (Fsp3) is 0.250. The Morgan fingerprint density at radius 1 is 1.40 bits per heavy atom. The lowest BCUT2D eigenvalue weighted by atomic mass is 10.2. The van der Waals surface area contributed by atoms with Crippen LogP contribution in [0.5, 0.6) is 0 Å². The Morgan fingerprint density at radius 3 is 2.65 bits per heavy atom. The topological polar surface area (TPSA) is 32.7 Å². The van der Waals surface area contributed by atoms with Gasteiger partial charge in [-0.05, 0) is 42.1 Å². The van der Waals surface area contributed by atoms with E-state index in [0.29, 0.717) is 18.8 Å². The number of nitrogens with zero attached hydrogens (tertiary/aromatic N) is 1. The average Bonchev–Trinajstić information content (AvgIpc) is 2.46. The van der Waals surface area contributed by atoms with E-state index in [9.17, 15) is 4.39 Å². The zero-order chi connectivity index (χ0) is 14.8. The van der Waals surface area contributed by atoms with Gasteiger partial charge in [-0.1, -0.05) is 18.7 Å². The van der Waals surface area contributed by atoms with Gasteiger partial charge in [-0.15, -0.1) is 0 Å². The Labute approximate surface area is 119 Å². The predicted molar refractivity (Wildman–Crippen MR) is 78.3 cm³/mol. The second-order valence-corrected chi connectivity index (χ2v) is 4.14. The number of hydrogen-bond acceptors (Lipinski definition) is 3. The van der Waals surface area contributed by atoms with Gasteiger partial charge in [0.1, 0.15) is 11.6 Å². The fourth-order valence-corrected chi connectivity index (χ4v) is 1.64. The van der Waals surface area contributed by atoms with Crippen LogP contribution in [0.4, 0.5) is 4.39 Å². The molecule has 3 nitrogen and oxygen atoms in total. The number of rotatable bonds is 8. The van der Waals surface area contributed by atoms with Crippen LogP contribution in [-0.2, 0) is 11.3 Å². The lowest BCUT2D eigenvalue weighted by Gasteiger charge is -2.19. The molecule has 1 rings (SSSR count). The molecule has 4 heteroatoms. The molecule has 0 aliphatic rings. The third-order valence-corrected chi connectivity index (χ3v) is 2.68. The van der Waals surface area contributed by atoms with E-state index in [1.54, 1.807) is 31.4 Å². The minimum absolute atomic E-state index is 0.0494. The van der Waals surface area contributed by atoms with Gasteiger partial charge in [-0.2, -0.15) is 0 Å². The van der Waals surface area contributed by atoms with E-state index in [0.717, 1.165) is 5.56 Å². The molecular formula is C16H20FNO2. The summed E-state index contributed by atoms with van der Waals surface area (Å²) in [4.78, 5) is 1.93. The summed E-state index contributed by atoms with van der Waals surface area (Å²) in [6, 6.07) is 6.31. The number of ether oxygens (including phenoxy) is 1. The first-order chi connectivity index (χ1) is 9.69. The summed E-state index contributed by atoms with van der Waals surface area (Å²) in [5, 5.41) is 9.07. The smallest absolute Gasteiger partial charge is 0.123 e. The van der Waals surface area contributed by atoms with Crippen molar-refractivity contribution in [3.8, 4) is 0 Å². The molecule has 0 spiro atoms. The van der Waals surface area contributed by atoms with E-state index >= 15 is 0 Å². The van der Waals surface area contributed by atoms with E-state index in [4.69, 9.17) is 9.84 Å². The molecule has 1 N–H and O–H groups in total. The highest BCUT2D eigenvalue weighted by molar-refractivity contribution is 5.18. The molecule has 0 aliphatic heterocycles. The van der Waals surface area contributed by atoms with Crippen LogP contribution in [0.15, 0.2) is 61.0 Å². The number of methoxy groups -OCH3 is 1.